The lowest BCUT2D eigenvalue weighted by atomic mass is 10.2. The van der Waals surface area contributed by atoms with E-state index in [9.17, 15) is 13.2 Å². The third-order valence-electron chi connectivity index (χ3n) is 1.25. The van der Waals surface area contributed by atoms with Crippen molar-refractivity contribution in [2.24, 2.45) is 0 Å². The van der Waals surface area contributed by atoms with Crippen LogP contribution in [-0.2, 0) is 6.18 Å². The minimum Gasteiger partial charge on any atom is -0.398 e. The van der Waals surface area contributed by atoms with Gasteiger partial charge in [0.2, 0.25) is 0 Å². The molecule has 0 amide bonds. The van der Waals surface area contributed by atoms with Gasteiger partial charge in [0.05, 0.1) is 5.56 Å². The molecule has 0 aliphatic rings. The molecular formula is C7H4ClF3N. The van der Waals surface area contributed by atoms with Crippen LogP contribution in [0.3, 0.4) is 0 Å². The summed E-state index contributed by atoms with van der Waals surface area (Å²) in [7, 11) is 0. The summed E-state index contributed by atoms with van der Waals surface area (Å²) in [6, 6.07) is 4.10. The first-order chi connectivity index (χ1) is 5.41. The van der Waals surface area contributed by atoms with Gasteiger partial charge in [-0.25, -0.2) is 0 Å². The highest BCUT2D eigenvalue weighted by molar-refractivity contribution is 6.30. The second-order valence-corrected chi connectivity index (χ2v) is 2.55. The molecule has 2 N–H and O–H groups in total. The summed E-state index contributed by atoms with van der Waals surface area (Å²) in [5.41, 5.74) is 3.77. The maximum absolute atomic E-state index is 12.1. The van der Waals surface area contributed by atoms with E-state index < -0.39 is 11.7 Å². The van der Waals surface area contributed by atoms with E-state index >= 15 is 0 Å². The molecule has 0 saturated carbocycles. The average molecular weight is 195 g/mol. The summed E-state index contributed by atoms with van der Waals surface area (Å²) in [6.07, 6.45) is -4.46. The lowest BCUT2D eigenvalue weighted by Gasteiger charge is -2.08. The van der Waals surface area contributed by atoms with Crippen LogP contribution in [0.5, 0.6) is 0 Å². The highest BCUT2D eigenvalue weighted by Crippen LogP contribution is 2.34. The molecule has 1 nitrogen and oxygen atoms in total. The molecule has 0 aliphatic carbocycles. The quantitative estimate of drug-likeness (QED) is 0.632. The van der Waals surface area contributed by atoms with Gasteiger partial charge in [-0.3, -0.25) is 0 Å². The Morgan fingerprint density at radius 3 is 2.42 bits per heavy atom. The highest BCUT2D eigenvalue weighted by Gasteiger charge is 2.32. The van der Waals surface area contributed by atoms with Crippen molar-refractivity contribution in [3.8, 4) is 0 Å². The normalized spacial score (nSPS) is 11.7. The first-order valence-corrected chi connectivity index (χ1v) is 3.33. The molecule has 0 atom stereocenters. The smallest absolute Gasteiger partial charge is 0.398 e. The van der Waals surface area contributed by atoms with E-state index in [-0.39, 0.29) is 10.7 Å². The zero-order chi connectivity index (χ0) is 9.35. The Kier molecular flexibility index (Phi) is 2.19. The fraction of sp³-hybridized carbons (Fsp3) is 0.143. The fourth-order valence-corrected chi connectivity index (χ4v) is 0.885. The van der Waals surface area contributed by atoms with Gasteiger partial charge in [0.15, 0.2) is 0 Å². The van der Waals surface area contributed by atoms with E-state index in [0.717, 1.165) is 12.1 Å². The number of anilines is 1. The molecule has 65 valence electrons. The van der Waals surface area contributed by atoms with Crippen LogP contribution in [0.1, 0.15) is 5.56 Å². The summed E-state index contributed by atoms with van der Waals surface area (Å²) in [5, 5.41) is -0.100. The lowest BCUT2D eigenvalue weighted by Crippen LogP contribution is -2.08. The van der Waals surface area contributed by atoms with Gasteiger partial charge in [-0.1, -0.05) is 11.6 Å². The van der Waals surface area contributed by atoms with Crippen molar-refractivity contribution in [2.75, 3.05) is 5.73 Å². The Bertz CT molecular complexity index is 295. The van der Waals surface area contributed by atoms with Gasteiger partial charge in [-0.2, -0.15) is 13.2 Å². The van der Waals surface area contributed by atoms with Gasteiger partial charge in [0.25, 0.3) is 0 Å². The van der Waals surface area contributed by atoms with E-state index in [1.165, 1.54) is 0 Å². The van der Waals surface area contributed by atoms with Gasteiger partial charge < -0.3 is 5.73 Å². The molecule has 12 heavy (non-hydrogen) atoms. The molecule has 0 aromatic heterocycles. The third kappa shape index (κ3) is 1.82. The van der Waals surface area contributed by atoms with Gasteiger partial charge in [0, 0.05) is 16.8 Å². The SMILES string of the molecule is Nc1c[c]c(Cl)cc1C(F)(F)F. The number of hydrogen-bond acceptors (Lipinski definition) is 1. The molecule has 1 rings (SSSR count). The van der Waals surface area contributed by atoms with Gasteiger partial charge in [0.1, 0.15) is 0 Å². The van der Waals surface area contributed by atoms with Crippen molar-refractivity contribution in [1.82, 2.24) is 0 Å². The van der Waals surface area contributed by atoms with Crippen LogP contribution >= 0.6 is 11.6 Å². The Morgan fingerprint density at radius 2 is 2.00 bits per heavy atom. The van der Waals surface area contributed by atoms with Crippen molar-refractivity contribution >= 4 is 17.3 Å². The standard InChI is InChI=1S/C7H4ClF3N/c8-4-1-2-6(12)5(3-4)7(9,10)11/h2-3H,12H2. The number of nitrogen functional groups attached to an aromatic ring is 1. The summed E-state index contributed by atoms with van der Waals surface area (Å²) in [6.45, 7) is 0. The molecule has 1 aromatic carbocycles. The second-order valence-electron chi connectivity index (χ2n) is 2.15. The van der Waals surface area contributed by atoms with Crippen molar-refractivity contribution in [3.05, 3.63) is 28.8 Å². The van der Waals surface area contributed by atoms with Crippen LogP contribution in [-0.4, -0.2) is 0 Å². The molecule has 5 heteroatoms. The van der Waals surface area contributed by atoms with Gasteiger partial charge in [-0.15, -0.1) is 0 Å². The number of alkyl halides is 3. The fourth-order valence-electron chi connectivity index (χ4n) is 0.722. The van der Waals surface area contributed by atoms with Crippen LogP contribution in [0, 0.1) is 6.07 Å². The molecule has 0 heterocycles. The van der Waals surface area contributed by atoms with Crippen LogP contribution < -0.4 is 5.73 Å². The minimum absolute atomic E-state index is 0.100. The van der Waals surface area contributed by atoms with Crippen LogP contribution in [0.2, 0.25) is 5.02 Å². The number of halogens is 4. The van der Waals surface area contributed by atoms with Crippen LogP contribution in [0.4, 0.5) is 18.9 Å². The van der Waals surface area contributed by atoms with E-state index in [4.69, 9.17) is 17.3 Å². The Balaban J connectivity index is 3.23. The zero-order valence-electron chi connectivity index (χ0n) is 5.74. The van der Waals surface area contributed by atoms with Crippen molar-refractivity contribution in [3.63, 3.8) is 0 Å². The Hall–Kier alpha value is -0.900. The van der Waals surface area contributed by atoms with E-state index in [1.54, 1.807) is 0 Å². The molecule has 0 bridgehead atoms. The zero-order valence-corrected chi connectivity index (χ0v) is 6.50. The largest absolute Gasteiger partial charge is 0.418 e. The number of rotatable bonds is 0. The molecule has 0 saturated heterocycles. The Labute approximate surface area is 71.9 Å². The first-order valence-electron chi connectivity index (χ1n) is 2.95. The van der Waals surface area contributed by atoms with Crippen LogP contribution in [0.25, 0.3) is 0 Å². The van der Waals surface area contributed by atoms with E-state index in [0.29, 0.717) is 0 Å². The predicted octanol–water partition coefficient (Wildman–Crippen LogP) is 2.74. The van der Waals surface area contributed by atoms with Crippen LogP contribution in [0.15, 0.2) is 12.1 Å². The second kappa shape index (κ2) is 2.86. The molecule has 0 fully saturated rings. The molecule has 0 unspecified atom stereocenters. The maximum atomic E-state index is 12.1. The predicted molar refractivity (Wildman–Crippen MR) is 39.7 cm³/mol. The van der Waals surface area contributed by atoms with Gasteiger partial charge in [-0.05, 0) is 12.1 Å². The Morgan fingerprint density at radius 1 is 1.42 bits per heavy atom. The van der Waals surface area contributed by atoms with Crippen molar-refractivity contribution in [2.45, 2.75) is 6.18 Å². The lowest BCUT2D eigenvalue weighted by molar-refractivity contribution is -0.136. The van der Waals surface area contributed by atoms with Crippen molar-refractivity contribution in [1.29, 1.82) is 0 Å². The topological polar surface area (TPSA) is 26.0 Å². The molecule has 1 radical (unpaired) electrons. The molecular weight excluding hydrogens is 191 g/mol. The summed E-state index contributed by atoms with van der Waals surface area (Å²) in [5.74, 6) is 0. The molecule has 0 aliphatic heterocycles. The summed E-state index contributed by atoms with van der Waals surface area (Å²) in [4.78, 5) is 0. The van der Waals surface area contributed by atoms with Crippen molar-refractivity contribution < 1.29 is 13.2 Å². The van der Waals surface area contributed by atoms with Gasteiger partial charge >= 0.3 is 6.18 Å². The summed E-state index contributed by atoms with van der Waals surface area (Å²) < 4.78 is 36.2. The first kappa shape index (κ1) is 9.19. The highest BCUT2D eigenvalue weighted by atomic mass is 35.5. The third-order valence-corrected chi connectivity index (χ3v) is 1.47. The van der Waals surface area contributed by atoms with E-state index in [2.05, 4.69) is 6.07 Å². The number of nitrogens with two attached hydrogens (primary N) is 1. The number of hydrogen-bond donors (Lipinski definition) is 1. The maximum Gasteiger partial charge on any atom is 0.418 e. The average Bonchev–Trinajstić information content (AvgIpc) is 1.92. The summed E-state index contributed by atoms with van der Waals surface area (Å²) >= 11 is 5.31. The minimum atomic E-state index is -4.46. The monoisotopic (exact) mass is 194 g/mol. The molecule has 1 aromatic rings. The molecule has 0 spiro atoms. The van der Waals surface area contributed by atoms with E-state index in [1.807, 2.05) is 0 Å². The number of benzene rings is 1.